The number of alkyl halides is 3. The van der Waals surface area contributed by atoms with Gasteiger partial charge in [0.15, 0.2) is 5.65 Å². The number of hydrogen-bond donors (Lipinski definition) is 0. The first-order valence-corrected chi connectivity index (χ1v) is 12.0. The average molecular weight is 491 g/mol. The fourth-order valence-corrected chi connectivity index (χ4v) is 6.18. The summed E-state index contributed by atoms with van der Waals surface area (Å²) in [6, 6.07) is 6.35. The van der Waals surface area contributed by atoms with Crippen LogP contribution in [-0.4, -0.2) is 43.8 Å². The summed E-state index contributed by atoms with van der Waals surface area (Å²) >= 11 is 0. The Hall–Kier alpha value is -3.48. The molecule has 0 aliphatic heterocycles. The van der Waals surface area contributed by atoms with E-state index in [0.29, 0.717) is 24.6 Å². The molecule has 4 aromatic rings. The maximum absolute atomic E-state index is 13.9. The Balaban J connectivity index is 1.64. The molecule has 1 aromatic carbocycles. The number of benzene rings is 1. The Kier molecular flexibility index (Phi) is 5.50. The van der Waals surface area contributed by atoms with Gasteiger partial charge in [0, 0.05) is 30.4 Å². The topological polar surface area (TPSA) is 98.3 Å². The fourth-order valence-electron chi connectivity index (χ4n) is 4.46. The summed E-state index contributed by atoms with van der Waals surface area (Å²) in [6.45, 7) is 0. The molecule has 0 spiro atoms. The standard InChI is InChI=1S/C21H20F3N7O2S/c22-21(23,24)15-3-1-6-18(11-15)34(32,33)31(20-8-9-25-19-7-10-28-30(19)20)17-5-2-4-16(12-17)29-13-26-27-14-29/h1,3,6-11,13-14,16-17H,2,4-5,12H2/t16-,17+/m1/s1. The van der Waals surface area contributed by atoms with Crippen molar-refractivity contribution < 1.29 is 21.6 Å². The molecule has 178 valence electrons. The van der Waals surface area contributed by atoms with E-state index in [1.54, 1.807) is 18.7 Å². The highest BCUT2D eigenvalue weighted by atomic mass is 32.2. The summed E-state index contributed by atoms with van der Waals surface area (Å²) in [6.07, 6.45) is 3.92. The van der Waals surface area contributed by atoms with Crippen molar-refractivity contribution in [2.24, 2.45) is 0 Å². The second kappa shape index (κ2) is 8.38. The maximum Gasteiger partial charge on any atom is 0.416 e. The molecule has 0 unspecified atom stereocenters. The Labute approximate surface area is 192 Å². The van der Waals surface area contributed by atoms with Crippen molar-refractivity contribution in [3.05, 3.63) is 67.0 Å². The number of nitrogens with zero attached hydrogens (tertiary/aromatic N) is 7. The summed E-state index contributed by atoms with van der Waals surface area (Å²) in [5, 5.41) is 11.9. The molecule has 1 aliphatic carbocycles. The van der Waals surface area contributed by atoms with Crippen LogP contribution in [0.2, 0.25) is 0 Å². The Morgan fingerprint density at radius 3 is 2.59 bits per heavy atom. The smallest absolute Gasteiger partial charge is 0.317 e. The molecule has 2 atom stereocenters. The van der Waals surface area contributed by atoms with E-state index in [0.717, 1.165) is 25.0 Å². The largest absolute Gasteiger partial charge is 0.416 e. The van der Waals surface area contributed by atoms with Gasteiger partial charge in [-0.2, -0.15) is 22.8 Å². The van der Waals surface area contributed by atoms with E-state index in [2.05, 4.69) is 20.3 Å². The molecule has 0 saturated heterocycles. The number of sulfonamides is 1. The second-order valence-corrected chi connectivity index (χ2v) is 9.93. The summed E-state index contributed by atoms with van der Waals surface area (Å²) in [5.74, 6) is 0.210. The van der Waals surface area contributed by atoms with Crippen LogP contribution in [0.3, 0.4) is 0 Å². The molecule has 1 aliphatic rings. The first-order valence-electron chi connectivity index (χ1n) is 10.6. The zero-order chi connectivity index (χ0) is 23.9. The summed E-state index contributed by atoms with van der Waals surface area (Å²) < 4.78 is 72.4. The fraction of sp³-hybridized carbons (Fsp3) is 0.333. The van der Waals surface area contributed by atoms with Gasteiger partial charge in [-0.1, -0.05) is 6.07 Å². The molecule has 0 bridgehead atoms. The van der Waals surface area contributed by atoms with Gasteiger partial charge in [-0.05, 0) is 43.9 Å². The van der Waals surface area contributed by atoms with E-state index in [9.17, 15) is 21.6 Å². The highest BCUT2D eigenvalue weighted by molar-refractivity contribution is 7.92. The summed E-state index contributed by atoms with van der Waals surface area (Å²) in [7, 11) is -4.39. The van der Waals surface area contributed by atoms with Crippen LogP contribution in [0.5, 0.6) is 0 Å². The van der Waals surface area contributed by atoms with E-state index in [1.807, 2.05) is 4.57 Å². The van der Waals surface area contributed by atoms with E-state index in [-0.39, 0.29) is 11.9 Å². The molecule has 5 rings (SSSR count). The number of halogens is 3. The lowest BCUT2D eigenvalue weighted by Crippen LogP contribution is -2.44. The second-order valence-electron chi connectivity index (χ2n) is 8.11. The van der Waals surface area contributed by atoms with Gasteiger partial charge in [-0.3, -0.25) is 0 Å². The molecular formula is C21H20F3N7O2S. The van der Waals surface area contributed by atoms with Gasteiger partial charge in [0.05, 0.1) is 16.7 Å². The lowest BCUT2D eigenvalue weighted by atomic mass is 9.91. The first kappa shape index (κ1) is 22.3. The number of anilines is 1. The third-order valence-corrected chi connectivity index (χ3v) is 7.88. The zero-order valence-electron chi connectivity index (χ0n) is 17.7. The van der Waals surface area contributed by atoms with Crippen molar-refractivity contribution in [1.29, 1.82) is 0 Å². The van der Waals surface area contributed by atoms with Gasteiger partial charge in [0.1, 0.15) is 18.5 Å². The summed E-state index contributed by atoms with van der Waals surface area (Å²) in [5.41, 5.74) is -0.605. The van der Waals surface area contributed by atoms with Crippen LogP contribution >= 0.6 is 0 Å². The average Bonchev–Trinajstić information content (AvgIpc) is 3.52. The first-order chi connectivity index (χ1) is 16.2. The van der Waals surface area contributed by atoms with E-state index in [4.69, 9.17) is 0 Å². The highest BCUT2D eigenvalue weighted by Crippen LogP contribution is 2.38. The number of hydrogen-bond acceptors (Lipinski definition) is 6. The van der Waals surface area contributed by atoms with E-state index in [1.165, 1.54) is 33.3 Å². The van der Waals surface area contributed by atoms with Crippen molar-refractivity contribution >= 4 is 21.5 Å². The van der Waals surface area contributed by atoms with Crippen molar-refractivity contribution in [1.82, 2.24) is 29.4 Å². The van der Waals surface area contributed by atoms with Gasteiger partial charge in [-0.25, -0.2) is 17.7 Å². The Morgan fingerprint density at radius 1 is 1.03 bits per heavy atom. The number of rotatable bonds is 5. The maximum atomic E-state index is 13.9. The lowest BCUT2D eigenvalue weighted by molar-refractivity contribution is -0.137. The molecular weight excluding hydrogens is 471 g/mol. The van der Waals surface area contributed by atoms with Crippen molar-refractivity contribution in [2.75, 3.05) is 4.31 Å². The normalized spacial score (nSPS) is 19.4. The molecule has 13 heteroatoms. The molecule has 34 heavy (non-hydrogen) atoms. The molecule has 0 radical (unpaired) electrons. The van der Waals surface area contributed by atoms with Crippen LogP contribution in [0.4, 0.5) is 19.0 Å². The molecule has 0 amide bonds. The summed E-state index contributed by atoms with van der Waals surface area (Å²) in [4.78, 5) is 3.76. The molecule has 9 nitrogen and oxygen atoms in total. The number of aromatic nitrogens is 6. The minimum Gasteiger partial charge on any atom is -0.317 e. The monoisotopic (exact) mass is 491 g/mol. The van der Waals surface area contributed by atoms with E-state index < -0.39 is 32.7 Å². The molecule has 1 fully saturated rings. The van der Waals surface area contributed by atoms with Crippen LogP contribution in [-0.2, 0) is 16.2 Å². The van der Waals surface area contributed by atoms with E-state index >= 15 is 0 Å². The molecule has 1 saturated carbocycles. The van der Waals surface area contributed by atoms with Crippen molar-refractivity contribution in [2.45, 2.75) is 48.8 Å². The molecule has 3 heterocycles. The van der Waals surface area contributed by atoms with Gasteiger partial charge in [0.2, 0.25) is 0 Å². The van der Waals surface area contributed by atoms with Crippen LogP contribution in [0.15, 0.2) is 66.3 Å². The molecule has 3 aromatic heterocycles. The minimum absolute atomic E-state index is 0.0529. The van der Waals surface area contributed by atoms with Gasteiger partial charge in [0.25, 0.3) is 10.0 Å². The van der Waals surface area contributed by atoms with Crippen LogP contribution in [0, 0.1) is 0 Å². The zero-order valence-corrected chi connectivity index (χ0v) is 18.6. The van der Waals surface area contributed by atoms with Crippen molar-refractivity contribution in [3.63, 3.8) is 0 Å². The SMILES string of the molecule is O=S(=O)(c1cccc(C(F)(F)F)c1)N(c1ccnc2ccnn12)[C@H]1CCC[C@@H](n2cnnc2)C1. The Morgan fingerprint density at radius 2 is 1.82 bits per heavy atom. The number of fused-ring (bicyclic) bond motifs is 1. The highest BCUT2D eigenvalue weighted by Gasteiger charge is 2.39. The predicted octanol–water partition coefficient (Wildman–Crippen LogP) is 3.72. The van der Waals surface area contributed by atoms with Gasteiger partial charge < -0.3 is 4.57 Å². The lowest BCUT2D eigenvalue weighted by Gasteiger charge is -2.38. The van der Waals surface area contributed by atoms with Crippen molar-refractivity contribution in [3.8, 4) is 0 Å². The third-order valence-electron chi connectivity index (χ3n) is 6.02. The van der Waals surface area contributed by atoms with Crippen LogP contribution in [0.25, 0.3) is 5.65 Å². The van der Waals surface area contributed by atoms with Crippen LogP contribution < -0.4 is 4.31 Å². The Bertz CT molecular complexity index is 1400. The van der Waals surface area contributed by atoms with Gasteiger partial charge >= 0.3 is 6.18 Å². The van der Waals surface area contributed by atoms with Gasteiger partial charge in [-0.15, -0.1) is 10.2 Å². The third kappa shape index (κ3) is 4.00. The van der Waals surface area contributed by atoms with Crippen LogP contribution in [0.1, 0.15) is 37.3 Å². The predicted molar refractivity (Wildman–Crippen MR) is 115 cm³/mol. The minimum atomic E-state index is -4.67. The molecule has 0 N–H and O–H groups in total. The quantitative estimate of drug-likeness (QED) is 0.422.